The van der Waals surface area contributed by atoms with Crippen molar-refractivity contribution in [1.82, 2.24) is 4.90 Å². The summed E-state index contributed by atoms with van der Waals surface area (Å²) in [4.78, 5) is 40.0. The van der Waals surface area contributed by atoms with Gasteiger partial charge in [0, 0.05) is 18.7 Å². The first-order chi connectivity index (χ1) is 14.0. The molecule has 5 nitrogen and oxygen atoms in total. The maximum absolute atomic E-state index is 12.6. The van der Waals surface area contributed by atoms with Crippen molar-refractivity contribution in [2.75, 3.05) is 19.7 Å². The second-order valence-electron chi connectivity index (χ2n) is 7.27. The summed E-state index contributed by atoms with van der Waals surface area (Å²) in [5, 5.41) is 1.88. The van der Waals surface area contributed by atoms with E-state index in [1.54, 1.807) is 4.90 Å². The first kappa shape index (κ1) is 21.2. The number of aryl methyl sites for hydroxylation is 2. The molecule has 0 bridgehead atoms. The predicted molar refractivity (Wildman–Crippen MR) is 113 cm³/mol. The molecule has 154 valence electrons. The molecule has 0 unspecified atom stereocenters. The summed E-state index contributed by atoms with van der Waals surface area (Å²) in [6.07, 6.45) is 2.74. The molecule has 1 aliphatic rings. The van der Waals surface area contributed by atoms with Gasteiger partial charge in [-0.2, -0.15) is 0 Å². The molecule has 1 aromatic heterocycles. The highest BCUT2D eigenvalue weighted by molar-refractivity contribution is 7.12. The number of hydrogen-bond acceptors (Lipinski definition) is 5. The number of hydrogen-bond donors (Lipinski definition) is 0. The summed E-state index contributed by atoms with van der Waals surface area (Å²) >= 11 is 1.43. The maximum Gasteiger partial charge on any atom is 0.309 e. The Balaban J connectivity index is 1.51. The van der Waals surface area contributed by atoms with Gasteiger partial charge in [0.05, 0.1) is 10.8 Å². The third-order valence-corrected chi connectivity index (χ3v) is 6.31. The fourth-order valence-corrected chi connectivity index (χ4v) is 4.31. The molecule has 0 saturated carbocycles. The molecule has 0 spiro atoms. The molecule has 1 amide bonds. The van der Waals surface area contributed by atoms with Gasteiger partial charge in [0.2, 0.25) is 5.78 Å². The quantitative estimate of drug-likeness (QED) is 0.505. The zero-order valence-corrected chi connectivity index (χ0v) is 17.8. The summed E-state index contributed by atoms with van der Waals surface area (Å²) in [6.45, 7) is 4.89. The highest BCUT2D eigenvalue weighted by atomic mass is 32.1. The smallest absolute Gasteiger partial charge is 0.309 e. The predicted octanol–water partition coefficient (Wildman–Crippen LogP) is 4.15. The lowest BCUT2D eigenvalue weighted by Gasteiger charge is -2.30. The van der Waals surface area contributed by atoms with Gasteiger partial charge in [0.1, 0.15) is 0 Å². The molecule has 29 heavy (non-hydrogen) atoms. The van der Waals surface area contributed by atoms with Crippen LogP contribution in [-0.2, 0) is 22.4 Å². The van der Waals surface area contributed by atoms with Crippen LogP contribution in [0.15, 0.2) is 35.7 Å². The van der Waals surface area contributed by atoms with Crippen LogP contribution in [0.4, 0.5) is 0 Å². The average molecular weight is 414 g/mol. The second-order valence-corrected chi connectivity index (χ2v) is 8.22. The van der Waals surface area contributed by atoms with Gasteiger partial charge < -0.3 is 9.64 Å². The monoisotopic (exact) mass is 413 g/mol. The standard InChI is InChI=1S/C23H27NO4S/c1-3-16-7-8-17(4-2)19(14-16)20(25)15-28-23(27)18-9-11-24(12-10-18)22(26)21-6-5-13-29-21/h5-8,13-14,18H,3-4,9-12,15H2,1-2H3. The SMILES string of the molecule is CCc1ccc(CC)c(C(=O)COC(=O)C2CCN(C(=O)c3cccs3)CC2)c1. The van der Waals surface area contributed by atoms with E-state index in [-0.39, 0.29) is 30.2 Å². The molecule has 6 heteroatoms. The molecule has 2 heterocycles. The maximum atomic E-state index is 12.6. The van der Waals surface area contributed by atoms with Gasteiger partial charge in [0.15, 0.2) is 6.61 Å². The van der Waals surface area contributed by atoms with Crippen LogP contribution in [0.2, 0.25) is 0 Å². The largest absolute Gasteiger partial charge is 0.457 e. The molecular weight excluding hydrogens is 386 g/mol. The number of piperidine rings is 1. The van der Waals surface area contributed by atoms with Gasteiger partial charge in [-0.25, -0.2) is 0 Å². The Kier molecular flexibility index (Phi) is 7.20. The Morgan fingerprint density at radius 1 is 1.10 bits per heavy atom. The third kappa shape index (κ3) is 5.12. The molecule has 0 radical (unpaired) electrons. The molecular formula is C23H27NO4S. The molecule has 1 aromatic carbocycles. The lowest BCUT2D eigenvalue weighted by atomic mass is 9.96. The second kappa shape index (κ2) is 9.83. The average Bonchev–Trinajstić information content (AvgIpc) is 3.31. The topological polar surface area (TPSA) is 63.7 Å². The number of ketones is 1. The van der Waals surface area contributed by atoms with Crippen molar-refractivity contribution in [3.05, 3.63) is 57.3 Å². The van der Waals surface area contributed by atoms with Crippen molar-refractivity contribution in [3.63, 3.8) is 0 Å². The van der Waals surface area contributed by atoms with Gasteiger partial charge >= 0.3 is 5.97 Å². The van der Waals surface area contributed by atoms with E-state index in [1.807, 2.05) is 49.6 Å². The Bertz CT molecular complexity index is 867. The van der Waals surface area contributed by atoms with E-state index in [0.29, 0.717) is 31.5 Å². The highest BCUT2D eigenvalue weighted by Gasteiger charge is 2.29. The first-order valence-corrected chi connectivity index (χ1v) is 11.1. The van der Waals surface area contributed by atoms with E-state index in [0.717, 1.165) is 28.8 Å². The normalized spacial score (nSPS) is 14.6. The Labute approximate surface area is 175 Å². The summed E-state index contributed by atoms with van der Waals surface area (Å²) < 4.78 is 5.35. The van der Waals surface area contributed by atoms with Crippen LogP contribution in [0, 0.1) is 5.92 Å². The van der Waals surface area contributed by atoms with Crippen LogP contribution in [0.1, 0.15) is 57.8 Å². The number of nitrogens with zero attached hydrogens (tertiary/aromatic N) is 1. The van der Waals surface area contributed by atoms with Crippen molar-refractivity contribution in [2.45, 2.75) is 39.5 Å². The molecule has 2 aromatic rings. The summed E-state index contributed by atoms with van der Waals surface area (Å²) in [7, 11) is 0. The zero-order chi connectivity index (χ0) is 20.8. The van der Waals surface area contributed by atoms with Gasteiger partial charge in [0.25, 0.3) is 5.91 Å². The molecule has 0 aliphatic carbocycles. The number of Topliss-reactive ketones (excluding diaryl/α,β-unsaturated/α-hetero) is 1. The first-order valence-electron chi connectivity index (χ1n) is 10.2. The molecule has 0 N–H and O–H groups in total. The Morgan fingerprint density at radius 3 is 2.48 bits per heavy atom. The molecule has 3 rings (SSSR count). The van der Waals surface area contributed by atoms with E-state index >= 15 is 0 Å². The van der Waals surface area contributed by atoms with Crippen molar-refractivity contribution in [2.24, 2.45) is 5.92 Å². The van der Waals surface area contributed by atoms with Gasteiger partial charge in [-0.3, -0.25) is 14.4 Å². The van der Waals surface area contributed by atoms with Crippen LogP contribution in [0.3, 0.4) is 0 Å². The van der Waals surface area contributed by atoms with Crippen LogP contribution in [0.25, 0.3) is 0 Å². The zero-order valence-electron chi connectivity index (χ0n) is 17.0. The minimum atomic E-state index is -0.341. The summed E-state index contributed by atoms with van der Waals surface area (Å²) in [5.74, 6) is -0.741. The van der Waals surface area contributed by atoms with Crippen molar-refractivity contribution in [1.29, 1.82) is 0 Å². The van der Waals surface area contributed by atoms with E-state index < -0.39 is 0 Å². The van der Waals surface area contributed by atoms with Crippen LogP contribution >= 0.6 is 11.3 Å². The number of rotatable bonds is 7. The number of esters is 1. The number of carbonyl (C=O) groups excluding carboxylic acids is 3. The Morgan fingerprint density at radius 2 is 1.86 bits per heavy atom. The Hall–Kier alpha value is -2.47. The molecule has 1 fully saturated rings. The number of carbonyl (C=O) groups is 3. The third-order valence-electron chi connectivity index (χ3n) is 5.46. The van der Waals surface area contributed by atoms with Gasteiger partial charge in [-0.15, -0.1) is 11.3 Å². The van der Waals surface area contributed by atoms with E-state index in [2.05, 4.69) is 0 Å². The van der Waals surface area contributed by atoms with Crippen molar-refractivity contribution < 1.29 is 19.1 Å². The van der Waals surface area contributed by atoms with E-state index in [4.69, 9.17) is 4.74 Å². The fourth-order valence-electron chi connectivity index (χ4n) is 3.62. The minimum absolute atomic E-state index is 0.0184. The van der Waals surface area contributed by atoms with Crippen LogP contribution in [0.5, 0.6) is 0 Å². The minimum Gasteiger partial charge on any atom is -0.457 e. The molecule has 0 atom stereocenters. The fraction of sp³-hybridized carbons (Fsp3) is 0.435. The van der Waals surface area contributed by atoms with E-state index in [1.165, 1.54) is 11.3 Å². The molecule has 1 aliphatic heterocycles. The highest BCUT2D eigenvalue weighted by Crippen LogP contribution is 2.22. The van der Waals surface area contributed by atoms with Crippen molar-refractivity contribution in [3.8, 4) is 0 Å². The number of amides is 1. The lowest BCUT2D eigenvalue weighted by molar-refractivity contribution is -0.148. The van der Waals surface area contributed by atoms with Crippen LogP contribution < -0.4 is 0 Å². The number of ether oxygens (including phenoxy) is 1. The number of thiophene rings is 1. The summed E-state index contributed by atoms with van der Waals surface area (Å²) in [6, 6.07) is 9.60. The van der Waals surface area contributed by atoms with Crippen LogP contribution in [-0.4, -0.2) is 42.3 Å². The van der Waals surface area contributed by atoms with E-state index in [9.17, 15) is 14.4 Å². The number of benzene rings is 1. The molecule has 1 saturated heterocycles. The summed E-state index contributed by atoms with van der Waals surface area (Å²) in [5.41, 5.74) is 2.72. The van der Waals surface area contributed by atoms with Gasteiger partial charge in [-0.05, 0) is 54.3 Å². The van der Waals surface area contributed by atoms with Crippen molar-refractivity contribution >= 4 is 29.0 Å². The number of likely N-dealkylation sites (tertiary alicyclic amines) is 1. The lowest BCUT2D eigenvalue weighted by Crippen LogP contribution is -2.40. The van der Waals surface area contributed by atoms with Gasteiger partial charge in [-0.1, -0.05) is 32.0 Å².